The van der Waals surface area contributed by atoms with E-state index < -0.39 is 11.6 Å². The Morgan fingerprint density at radius 3 is 2.26 bits per heavy atom. The van der Waals surface area contributed by atoms with Crippen molar-refractivity contribution in [3.05, 3.63) is 77.9 Å². The number of ketones is 2. The normalized spacial score (nSPS) is 20.0. The number of aliphatic hydroxyl groups is 1. The van der Waals surface area contributed by atoms with Gasteiger partial charge in [-0.1, -0.05) is 60.7 Å². The lowest BCUT2D eigenvalue weighted by Crippen LogP contribution is -2.36. The summed E-state index contributed by atoms with van der Waals surface area (Å²) >= 11 is 0. The number of carbonyl (C=O) groups is 2. The van der Waals surface area contributed by atoms with Gasteiger partial charge >= 0.3 is 0 Å². The van der Waals surface area contributed by atoms with Crippen LogP contribution in [0, 0.1) is 0 Å². The fraction of sp³-hybridized carbons (Fsp3) is 0.158. The number of carbonyl (C=O) groups excluding carboxylic acids is 2. The first-order valence-corrected chi connectivity index (χ1v) is 7.40. The number of ether oxygens (including phenoxy) is 1. The van der Waals surface area contributed by atoms with Crippen molar-refractivity contribution >= 4 is 17.3 Å². The van der Waals surface area contributed by atoms with Crippen LogP contribution in [0.15, 0.2) is 66.7 Å². The largest absolute Gasteiger partial charge is 0.454 e. The van der Waals surface area contributed by atoms with E-state index in [2.05, 4.69) is 0 Å². The maximum Gasteiger partial charge on any atom is 0.272 e. The molecule has 23 heavy (non-hydrogen) atoms. The molecule has 1 aliphatic heterocycles. The molecular weight excluding hydrogens is 292 g/mol. The van der Waals surface area contributed by atoms with Crippen molar-refractivity contribution < 1.29 is 19.4 Å². The quantitative estimate of drug-likeness (QED) is 0.863. The van der Waals surface area contributed by atoms with E-state index in [1.54, 1.807) is 36.4 Å². The Kier molecular flexibility index (Phi) is 4.08. The summed E-state index contributed by atoms with van der Waals surface area (Å²) in [5.41, 5.74) is 1.27. The second-order valence-electron chi connectivity index (χ2n) is 5.41. The predicted octanol–water partition coefficient (Wildman–Crippen LogP) is 2.98. The van der Waals surface area contributed by atoms with Crippen molar-refractivity contribution in [2.75, 3.05) is 0 Å². The van der Waals surface area contributed by atoms with Crippen LogP contribution < -0.4 is 0 Å². The topological polar surface area (TPSA) is 63.6 Å². The molecule has 116 valence electrons. The number of rotatable bonds is 5. The highest BCUT2D eigenvalue weighted by Gasteiger charge is 2.43. The molecule has 0 saturated carbocycles. The van der Waals surface area contributed by atoms with Gasteiger partial charge in [0.2, 0.25) is 5.78 Å². The molecular formula is C19H16O4. The van der Waals surface area contributed by atoms with Crippen molar-refractivity contribution in [3.63, 3.8) is 0 Å². The van der Waals surface area contributed by atoms with Crippen LogP contribution in [0.25, 0.3) is 5.76 Å². The lowest BCUT2D eigenvalue weighted by atomic mass is 10.0. The molecule has 2 aromatic carbocycles. The molecule has 1 unspecified atom stereocenters. The van der Waals surface area contributed by atoms with E-state index in [1.807, 2.05) is 24.3 Å². The van der Waals surface area contributed by atoms with Gasteiger partial charge in [-0.15, -0.1) is 0 Å². The Morgan fingerprint density at radius 2 is 1.61 bits per heavy atom. The Morgan fingerprint density at radius 1 is 1.00 bits per heavy atom. The van der Waals surface area contributed by atoms with Crippen LogP contribution in [0.1, 0.15) is 28.8 Å². The van der Waals surface area contributed by atoms with Gasteiger partial charge < -0.3 is 9.84 Å². The molecule has 0 aromatic heterocycles. The third kappa shape index (κ3) is 3.22. The van der Waals surface area contributed by atoms with Crippen molar-refractivity contribution in [1.29, 1.82) is 0 Å². The predicted molar refractivity (Wildman–Crippen MR) is 85.5 cm³/mol. The Balaban J connectivity index is 1.67. The first-order chi connectivity index (χ1) is 11.1. The van der Waals surface area contributed by atoms with Gasteiger partial charge in [0.05, 0.1) is 0 Å². The van der Waals surface area contributed by atoms with Gasteiger partial charge in [-0.3, -0.25) is 9.59 Å². The molecule has 0 saturated heterocycles. The van der Waals surface area contributed by atoms with Crippen LogP contribution in [-0.4, -0.2) is 22.5 Å². The molecule has 0 fully saturated rings. The Bertz CT molecular complexity index is 749. The number of benzene rings is 2. The first-order valence-electron chi connectivity index (χ1n) is 7.40. The SMILES string of the molecule is O=C(CCC1(O)OC(c2ccccc2)=CC1=O)c1ccccc1. The maximum atomic E-state index is 12.1. The smallest absolute Gasteiger partial charge is 0.272 e. The van der Waals surface area contributed by atoms with E-state index in [1.165, 1.54) is 6.08 Å². The summed E-state index contributed by atoms with van der Waals surface area (Å²) in [6.45, 7) is 0. The minimum absolute atomic E-state index is 0.0299. The molecule has 3 rings (SSSR count). The minimum Gasteiger partial charge on any atom is -0.454 e. The molecule has 1 N–H and O–H groups in total. The summed E-state index contributed by atoms with van der Waals surface area (Å²) in [7, 11) is 0. The van der Waals surface area contributed by atoms with Crippen LogP contribution in [0.3, 0.4) is 0 Å². The molecule has 0 radical (unpaired) electrons. The third-order valence-electron chi connectivity index (χ3n) is 3.77. The summed E-state index contributed by atoms with van der Waals surface area (Å²) < 4.78 is 5.45. The van der Waals surface area contributed by atoms with Gasteiger partial charge in [0.15, 0.2) is 5.78 Å². The Labute approximate surface area is 134 Å². The van der Waals surface area contributed by atoms with E-state index in [9.17, 15) is 14.7 Å². The highest BCUT2D eigenvalue weighted by atomic mass is 16.6. The van der Waals surface area contributed by atoms with Crippen LogP contribution in [0.5, 0.6) is 0 Å². The average molecular weight is 308 g/mol. The van der Waals surface area contributed by atoms with Crippen molar-refractivity contribution in [1.82, 2.24) is 0 Å². The zero-order valence-corrected chi connectivity index (χ0v) is 12.4. The molecule has 2 aromatic rings. The fourth-order valence-corrected chi connectivity index (χ4v) is 2.46. The molecule has 0 spiro atoms. The molecule has 0 aliphatic carbocycles. The second kappa shape index (κ2) is 6.18. The summed E-state index contributed by atoms with van der Waals surface area (Å²) in [6, 6.07) is 17.9. The molecule has 4 nitrogen and oxygen atoms in total. The lowest BCUT2D eigenvalue weighted by Gasteiger charge is -2.21. The monoisotopic (exact) mass is 308 g/mol. The van der Waals surface area contributed by atoms with Crippen LogP contribution in [0.4, 0.5) is 0 Å². The van der Waals surface area contributed by atoms with E-state index in [0.29, 0.717) is 16.9 Å². The standard InChI is InChI=1S/C19H16O4/c20-16(14-7-3-1-4-8-14)11-12-19(22)18(21)13-17(23-19)15-9-5-2-6-10-15/h1-10,13,22H,11-12H2. The highest BCUT2D eigenvalue weighted by molar-refractivity contribution is 6.04. The lowest BCUT2D eigenvalue weighted by molar-refractivity contribution is -0.171. The Hall–Kier alpha value is -2.72. The molecule has 0 amide bonds. The maximum absolute atomic E-state index is 12.1. The number of hydrogen-bond acceptors (Lipinski definition) is 4. The first kappa shape index (κ1) is 15.2. The van der Waals surface area contributed by atoms with Crippen LogP contribution >= 0.6 is 0 Å². The van der Waals surface area contributed by atoms with Gasteiger partial charge in [0.1, 0.15) is 5.76 Å². The molecule has 1 aliphatic rings. The van der Waals surface area contributed by atoms with Crippen LogP contribution in [0.2, 0.25) is 0 Å². The zero-order valence-electron chi connectivity index (χ0n) is 12.4. The van der Waals surface area contributed by atoms with Crippen molar-refractivity contribution in [2.24, 2.45) is 0 Å². The van der Waals surface area contributed by atoms with E-state index in [0.717, 1.165) is 0 Å². The third-order valence-corrected chi connectivity index (χ3v) is 3.77. The average Bonchev–Trinajstić information content (AvgIpc) is 2.90. The van der Waals surface area contributed by atoms with Gasteiger partial charge in [0.25, 0.3) is 5.79 Å². The number of Topliss-reactive ketones (excluding diaryl/α,β-unsaturated/α-hetero) is 1. The number of hydrogen-bond donors (Lipinski definition) is 1. The van der Waals surface area contributed by atoms with Crippen LogP contribution in [-0.2, 0) is 9.53 Å². The zero-order chi connectivity index (χ0) is 16.3. The fourth-order valence-electron chi connectivity index (χ4n) is 2.46. The summed E-state index contributed by atoms with van der Waals surface area (Å²) in [6.07, 6.45) is 1.23. The summed E-state index contributed by atoms with van der Waals surface area (Å²) in [4.78, 5) is 24.2. The second-order valence-corrected chi connectivity index (χ2v) is 5.41. The van der Waals surface area contributed by atoms with E-state index in [4.69, 9.17) is 4.74 Å². The van der Waals surface area contributed by atoms with Gasteiger partial charge in [-0.25, -0.2) is 0 Å². The van der Waals surface area contributed by atoms with Gasteiger partial charge in [-0.05, 0) is 0 Å². The van der Waals surface area contributed by atoms with Crippen molar-refractivity contribution in [2.45, 2.75) is 18.6 Å². The van der Waals surface area contributed by atoms with Crippen molar-refractivity contribution in [3.8, 4) is 0 Å². The highest BCUT2D eigenvalue weighted by Crippen LogP contribution is 2.33. The summed E-state index contributed by atoms with van der Waals surface area (Å²) in [5, 5.41) is 10.4. The molecule has 4 heteroatoms. The molecule has 1 heterocycles. The minimum atomic E-state index is -1.96. The van der Waals surface area contributed by atoms with E-state index >= 15 is 0 Å². The molecule has 1 atom stereocenters. The molecule has 0 bridgehead atoms. The summed E-state index contributed by atoms with van der Waals surface area (Å²) in [5.74, 6) is -2.30. The van der Waals surface area contributed by atoms with Gasteiger partial charge in [0, 0.05) is 30.0 Å². The van der Waals surface area contributed by atoms with E-state index in [-0.39, 0.29) is 18.6 Å². The van der Waals surface area contributed by atoms with Gasteiger partial charge in [-0.2, -0.15) is 0 Å².